The Balaban J connectivity index is 4.33. The molecule has 0 bridgehead atoms. The lowest BCUT2D eigenvalue weighted by Gasteiger charge is -2.18. The molecule has 0 aromatic rings. The minimum Gasteiger partial charge on any atom is -0.462 e. The topological polar surface area (TPSA) is 61.8 Å². The van der Waals surface area contributed by atoms with Gasteiger partial charge < -0.3 is 14.2 Å². The first-order valence-corrected chi connectivity index (χ1v) is 26.1. The van der Waals surface area contributed by atoms with Crippen LogP contribution in [0.15, 0.2) is 85.1 Å². The largest absolute Gasteiger partial charge is 0.462 e. The van der Waals surface area contributed by atoms with Crippen molar-refractivity contribution < 1.29 is 23.8 Å². The first-order valence-electron chi connectivity index (χ1n) is 26.1. The fourth-order valence-electron chi connectivity index (χ4n) is 7.04. The number of carbonyl (C=O) groups excluding carboxylic acids is 2. The predicted molar refractivity (Wildman–Crippen MR) is 270 cm³/mol. The third-order valence-electron chi connectivity index (χ3n) is 10.9. The van der Waals surface area contributed by atoms with Gasteiger partial charge in [-0.05, 0) is 89.9 Å². The van der Waals surface area contributed by atoms with Crippen LogP contribution in [0.5, 0.6) is 0 Å². The van der Waals surface area contributed by atoms with Crippen molar-refractivity contribution in [2.24, 2.45) is 0 Å². The number of rotatable bonds is 47. The van der Waals surface area contributed by atoms with Crippen LogP contribution in [-0.4, -0.2) is 37.9 Å². The molecule has 0 aromatic heterocycles. The number of carbonyl (C=O) groups is 2. The van der Waals surface area contributed by atoms with Crippen LogP contribution in [0.25, 0.3) is 0 Å². The van der Waals surface area contributed by atoms with E-state index in [1.54, 1.807) is 0 Å². The molecule has 5 heteroatoms. The van der Waals surface area contributed by atoms with E-state index in [-0.39, 0.29) is 25.2 Å². The van der Waals surface area contributed by atoms with Crippen LogP contribution in [0.2, 0.25) is 0 Å². The van der Waals surface area contributed by atoms with E-state index in [0.717, 1.165) is 109 Å². The van der Waals surface area contributed by atoms with E-state index in [0.29, 0.717) is 19.4 Å². The van der Waals surface area contributed by atoms with E-state index in [4.69, 9.17) is 14.2 Å². The van der Waals surface area contributed by atoms with E-state index in [1.807, 2.05) is 0 Å². The van der Waals surface area contributed by atoms with Gasteiger partial charge in [-0.3, -0.25) is 9.59 Å². The SMILES string of the molecule is CC/C=C\C/C=C\C/C=C\C/C=C\C/C=C\CCCCCC(=O)OCC(COCCCCCCCCCCCCCCCC)OC(=O)CCCCCCC/C=C\C/C=C\CCC. The summed E-state index contributed by atoms with van der Waals surface area (Å²) in [6.07, 6.45) is 68.7. The summed E-state index contributed by atoms with van der Waals surface area (Å²) < 4.78 is 17.4. The highest BCUT2D eigenvalue weighted by Crippen LogP contribution is 2.14. The van der Waals surface area contributed by atoms with Gasteiger partial charge in [-0.1, -0.05) is 221 Å². The fourth-order valence-corrected chi connectivity index (χ4v) is 7.04. The Kier molecular flexibility index (Phi) is 50.0. The van der Waals surface area contributed by atoms with E-state index >= 15 is 0 Å². The molecule has 0 saturated carbocycles. The molecule has 0 N–H and O–H groups in total. The van der Waals surface area contributed by atoms with Crippen LogP contribution >= 0.6 is 0 Å². The van der Waals surface area contributed by atoms with Gasteiger partial charge in [-0.25, -0.2) is 0 Å². The van der Waals surface area contributed by atoms with Crippen molar-refractivity contribution in [3.63, 3.8) is 0 Å². The first-order chi connectivity index (χ1) is 30.6. The van der Waals surface area contributed by atoms with Crippen LogP contribution in [0.4, 0.5) is 0 Å². The highest BCUT2D eigenvalue weighted by atomic mass is 16.6. The summed E-state index contributed by atoms with van der Waals surface area (Å²) in [4.78, 5) is 25.4. The molecule has 356 valence electrons. The Morgan fingerprint density at radius 1 is 0.371 bits per heavy atom. The number of ether oxygens (including phenoxy) is 3. The smallest absolute Gasteiger partial charge is 0.306 e. The second-order valence-electron chi connectivity index (χ2n) is 17.0. The summed E-state index contributed by atoms with van der Waals surface area (Å²) in [6.45, 7) is 7.61. The summed E-state index contributed by atoms with van der Waals surface area (Å²) in [5, 5.41) is 0. The van der Waals surface area contributed by atoms with E-state index in [2.05, 4.69) is 106 Å². The highest BCUT2D eigenvalue weighted by molar-refractivity contribution is 5.70. The number of esters is 2. The van der Waals surface area contributed by atoms with Crippen LogP contribution in [0, 0.1) is 0 Å². The molecular weight excluding hydrogens is 765 g/mol. The molecule has 0 heterocycles. The summed E-state index contributed by atoms with van der Waals surface area (Å²) in [6, 6.07) is 0. The molecule has 1 atom stereocenters. The number of allylic oxidation sites excluding steroid dienone is 14. The Bertz CT molecular complexity index is 1160. The van der Waals surface area contributed by atoms with E-state index in [1.165, 1.54) is 96.3 Å². The zero-order valence-corrected chi connectivity index (χ0v) is 40.9. The average molecular weight is 863 g/mol. The number of hydrogen-bond acceptors (Lipinski definition) is 5. The second kappa shape index (κ2) is 52.4. The fraction of sp³-hybridized carbons (Fsp3) is 0.719. The quantitative estimate of drug-likeness (QED) is 0.0346. The van der Waals surface area contributed by atoms with Crippen LogP contribution < -0.4 is 0 Å². The lowest BCUT2D eigenvalue weighted by atomic mass is 10.0. The Hall–Kier alpha value is -2.92. The van der Waals surface area contributed by atoms with E-state index in [9.17, 15) is 9.59 Å². The van der Waals surface area contributed by atoms with Gasteiger partial charge >= 0.3 is 11.9 Å². The maximum absolute atomic E-state index is 12.8. The maximum Gasteiger partial charge on any atom is 0.306 e. The summed E-state index contributed by atoms with van der Waals surface area (Å²) in [7, 11) is 0. The lowest BCUT2D eigenvalue weighted by molar-refractivity contribution is -0.163. The molecule has 0 spiro atoms. The molecule has 0 aliphatic heterocycles. The van der Waals surface area contributed by atoms with Crippen molar-refractivity contribution in [1.82, 2.24) is 0 Å². The van der Waals surface area contributed by atoms with Crippen LogP contribution in [0.1, 0.15) is 239 Å². The third-order valence-corrected chi connectivity index (χ3v) is 10.9. The van der Waals surface area contributed by atoms with Crippen molar-refractivity contribution in [2.45, 2.75) is 245 Å². The van der Waals surface area contributed by atoms with Gasteiger partial charge in [0.05, 0.1) is 6.61 Å². The Morgan fingerprint density at radius 2 is 0.758 bits per heavy atom. The normalized spacial score (nSPS) is 12.9. The molecule has 0 rings (SSSR count). The van der Waals surface area contributed by atoms with Crippen LogP contribution in [0.3, 0.4) is 0 Å². The Labute approximate surface area is 384 Å². The minimum atomic E-state index is -0.558. The molecule has 0 aliphatic carbocycles. The minimum absolute atomic E-state index is 0.0608. The van der Waals surface area contributed by atoms with Crippen molar-refractivity contribution in [1.29, 1.82) is 0 Å². The molecule has 0 amide bonds. The van der Waals surface area contributed by atoms with Gasteiger partial charge in [-0.2, -0.15) is 0 Å². The molecule has 0 aromatic carbocycles. The molecule has 0 aliphatic rings. The van der Waals surface area contributed by atoms with Gasteiger partial charge in [0.2, 0.25) is 0 Å². The second-order valence-corrected chi connectivity index (χ2v) is 17.0. The van der Waals surface area contributed by atoms with E-state index < -0.39 is 6.10 Å². The average Bonchev–Trinajstić information content (AvgIpc) is 3.27. The molecule has 62 heavy (non-hydrogen) atoms. The zero-order chi connectivity index (χ0) is 44.9. The van der Waals surface area contributed by atoms with Crippen molar-refractivity contribution >= 4 is 11.9 Å². The third kappa shape index (κ3) is 49.7. The van der Waals surface area contributed by atoms with Crippen molar-refractivity contribution in [3.8, 4) is 0 Å². The van der Waals surface area contributed by atoms with Gasteiger partial charge in [-0.15, -0.1) is 0 Å². The molecule has 1 unspecified atom stereocenters. The molecule has 0 saturated heterocycles. The predicted octanol–water partition coefficient (Wildman–Crippen LogP) is 17.7. The summed E-state index contributed by atoms with van der Waals surface area (Å²) >= 11 is 0. The number of unbranched alkanes of at least 4 members (excludes halogenated alkanes) is 22. The number of hydrogen-bond donors (Lipinski definition) is 0. The molecule has 0 fully saturated rings. The summed E-state index contributed by atoms with van der Waals surface area (Å²) in [5.74, 6) is -0.448. The summed E-state index contributed by atoms with van der Waals surface area (Å²) in [5.41, 5.74) is 0. The van der Waals surface area contributed by atoms with Gasteiger partial charge in [0.25, 0.3) is 0 Å². The van der Waals surface area contributed by atoms with Crippen molar-refractivity contribution in [3.05, 3.63) is 85.1 Å². The highest BCUT2D eigenvalue weighted by Gasteiger charge is 2.17. The Morgan fingerprint density at radius 3 is 1.24 bits per heavy atom. The van der Waals surface area contributed by atoms with Crippen molar-refractivity contribution in [2.75, 3.05) is 19.8 Å². The molecule has 5 nitrogen and oxygen atoms in total. The first kappa shape index (κ1) is 59.1. The van der Waals surface area contributed by atoms with Gasteiger partial charge in [0.1, 0.15) is 6.61 Å². The van der Waals surface area contributed by atoms with Gasteiger partial charge in [0.15, 0.2) is 6.10 Å². The maximum atomic E-state index is 12.8. The molecule has 0 radical (unpaired) electrons. The van der Waals surface area contributed by atoms with Gasteiger partial charge in [0, 0.05) is 19.4 Å². The lowest BCUT2D eigenvalue weighted by Crippen LogP contribution is -2.30. The molecular formula is C57H98O5. The zero-order valence-electron chi connectivity index (χ0n) is 40.9. The van der Waals surface area contributed by atoms with Crippen LogP contribution in [-0.2, 0) is 23.8 Å². The monoisotopic (exact) mass is 863 g/mol. The standard InChI is InChI=1S/C57H98O5/c1-4-7-10-13-16-19-22-25-27-28-29-30-31-33-35-38-41-44-47-50-56(58)61-54-55(53-60-52-49-46-43-40-37-34-26-23-20-17-14-11-8-5-2)62-57(59)51-48-45-42-39-36-32-24-21-18-15-12-9-6-3/h7,10,12,15-16,19,21,24-25,27,29-30,33,35,55H,4-6,8-9,11,13-14,17-18,20,22-23,26,28,31-32,34,36-54H2,1-3H3/b10-7-,15-12-,19-16-,24-21-,27-25-,30-29-,35-33-.